The molecule has 1 aliphatic rings. The molecule has 2 aromatic rings. The van der Waals surface area contributed by atoms with Crippen LogP contribution in [-0.4, -0.2) is 43.5 Å². The second kappa shape index (κ2) is 9.47. The number of benzene rings is 2. The minimum atomic E-state index is -0.296. The number of anilines is 1. The number of carbonyl (C=O) groups excluding carboxylic acids is 2. The second-order valence-electron chi connectivity index (χ2n) is 6.61. The van der Waals surface area contributed by atoms with Gasteiger partial charge in [-0.15, -0.1) is 0 Å². The topological polar surface area (TPSA) is 67.9 Å². The molecule has 29 heavy (non-hydrogen) atoms. The fourth-order valence-corrected chi connectivity index (χ4v) is 3.23. The summed E-state index contributed by atoms with van der Waals surface area (Å²) in [6.07, 6.45) is 3.84. The molecule has 0 aliphatic carbocycles. The van der Waals surface area contributed by atoms with E-state index in [-0.39, 0.29) is 18.4 Å². The number of carbonyl (C=O) groups is 2. The van der Waals surface area contributed by atoms with Crippen molar-refractivity contribution in [1.82, 2.24) is 4.90 Å². The lowest BCUT2D eigenvalue weighted by Crippen LogP contribution is -2.34. The Kier molecular flexibility index (Phi) is 6.77. The zero-order valence-corrected chi connectivity index (χ0v) is 17.2. The average Bonchev–Trinajstić information content (AvgIpc) is 2.72. The molecule has 2 aromatic carbocycles. The van der Waals surface area contributed by atoms with Crippen LogP contribution in [0.15, 0.2) is 42.5 Å². The lowest BCUT2D eigenvalue weighted by molar-refractivity contribution is -0.129. The quantitative estimate of drug-likeness (QED) is 0.730. The van der Waals surface area contributed by atoms with Gasteiger partial charge in [-0.05, 0) is 41.8 Å². The van der Waals surface area contributed by atoms with Crippen molar-refractivity contribution in [2.45, 2.75) is 13.3 Å². The first-order valence-corrected chi connectivity index (χ1v) is 9.75. The maximum Gasteiger partial charge on any atom is 0.246 e. The zero-order chi connectivity index (χ0) is 20.8. The number of amides is 2. The molecule has 152 valence electrons. The summed E-state index contributed by atoms with van der Waals surface area (Å²) < 4.78 is 11.0. The van der Waals surface area contributed by atoms with Gasteiger partial charge in [-0.25, -0.2) is 0 Å². The van der Waals surface area contributed by atoms with Crippen molar-refractivity contribution in [3.8, 4) is 11.5 Å². The highest BCUT2D eigenvalue weighted by Crippen LogP contribution is 2.38. The van der Waals surface area contributed by atoms with Gasteiger partial charge in [0.2, 0.25) is 11.8 Å². The van der Waals surface area contributed by atoms with Crippen LogP contribution in [0.4, 0.5) is 5.69 Å². The number of likely N-dealkylation sites (N-methyl/N-ethyl adjacent to an activating group) is 1. The standard InChI is InChI=1S/C22H23ClN2O4/c1-3-16-6-4-5-7-18(16)24-20(26)14-25(2)21(27)9-8-15-12-17(23)22-19(13-15)28-10-11-29-22/h4-9,12-13H,3,10-11,14H2,1-2H3,(H,24,26)/b9-8+. The Morgan fingerprint density at radius 2 is 1.97 bits per heavy atom. The van der Waals surface area contributed by atoms with Crippen molar-refractivity contribution < 1.29 is 19.1 Å². The summed E-state index contributed by atoms with van der Waals surface area (Å²) in [6.45, 7) is 2.88. The number of fused-ring (bicyclic) bond motifs is 1. The molecule has 1 heterocycles. The van der Waals surface area contributed by atoms with Crippen LogP contribution in [0.25, 0.3) is 6.08 Å². The minimum absolute atomic E-state index is 0.0525. The van der Waals surface area contributed by atoms with Gasteiger partial charge in [-0.1, -0.05) is 36.7 Å². The number of halogens is 1. The summed E-state index contributed by atoms with van der Waals surface area (Å²) >= 11 is 6.21. The van der Waals surface area contributed by atoms with Crippen LogP contribution in [0.2, 0.25) is 5.02 Å². The highest BCUT2D eigenvalue weighted by atomic mass is 35.5. The number of hydrogen-bond donors (Lipinski definition) is 1. The van der Waals surface area contributed by atoms with E-state index in [0.717, 1.165) is 17.7 Å². The van der Waals surface area contributed by atoms with E-state index in [4.69, 9.17) is 21.1 Å². The van der Waals surface area contributed by atoms with Gasteiger partial charge in [0.05, 0.1) is 11.6 Å². The van der Waals surface area contributed by atoms with Crippen molar-refractivity contribution in [1.29, 1.82) is 0 Å². The van der Waals surface area contributed by atoms with Gasteiger partial charge in [-0.2, -0.15) is 0 Å². The molecule has 0 fully saturated rings. The van der Waals surface area contributed by atoms with Crippen LogP contribution in [0.1, 0.15) is 18.1 Å². The van der Waals surface area contributed by atoms with Crippen LogP contribution >= 0.6 is 11.6 Å². The highest BCUT2D eigenvalue weighted by Gasteiger charge is 2.16. The number of para-hydroxylation sites is 1. The largest absolute Gasteiger partial charge is 0.486 e. The van der Waals surface area contributed by atoms with E-state index in [1.807, 2.05) is 31.2 Å². The molecule has 6 nitrogen and oxygen atoms in total. The molecule has 7 heteroatoms. The fourth-order valence-electron chi connectivity index (χ4n) is 2.96. The Hall–Kier alpha value is -2.99. The Bertz CT molecular complexity index is 942. The van der Waals surface area contributed by atoms with E-state index in [1.165, 1.54) is 11.0 Å². The molecule has 1 aliphatic heterocycles. The van der Waals surface area contributed by atoms with Gasteiger partial charge < -0.3 is 19.7 Å². The van der Waals surface area contributed by atoms with E-state index >= 15 is 0 Å². The summed E-state index contributed by atoms with van der Waals surface area (Å²) in [7, 11) is 1.58. The smallest absolute Gasteiger partial charge is 0.246 e. The van der Waals surface area contributed by atoms with Gasteiger partial charge in [0.15, 0.2) is 11.5 Å². The van der Waals surface area contributed by atoms with Crippen LogP contribution in [0.3, 0.4) is 0 Å². The first-order valence-electron chi connectivity index (χ1n) is 9.38. The molecule has 0 spiro atoms. The van der Waals surface area contributed by atoms with Gasteiger partial charge in [0, 0.05) is 18.8 Å². The van der Waals surface area contributed by atoms with Gasteiger partial charge in [-0.3, -0.25) is 9.59 Å². The molecule has 0 saturated heterocycles. The van der Waals surface area contributed by atoms with Gasteiger partial charge in [0.25, 0.3) is 0 Å². The Morgan fingerprint density at radius 3 is 2.76 bits per heavy atom. The Labute approximate surface area is 175 Å². The van der Waals surface area contributed by atoms with Crippen LogP contribution in [-0.2, 0) is 16.0 Å². The maximum atomic E-state index is 12.4. The first-order chi connectivity index (χ1) is 14.0. The van der Waals surface area contributed by atoms with Gasteiger partial charge >= 0.3 is 0 Å². The summed E-state index contributed by atoms with van der Waals surface area (Å²) in [6, 6.07) is 11.1. The van der Waals surface area contributed by atoms with Crippen LogP contribution in [0.5, 0.6) is 11.5 Å². The number of nitrogens with one attached hydrogen (secondary N) is 1. The minimum Gasteiger partial charge on any atom is -0.486 e. The SMILES string of the molecule is CCc1ccccc1NC(=O)CN(C)C(=O)/C=C/c1cc(Cl)c2c(c1)OCCO2. The predicted molar refractivity (Wildman–Crippen MR) is 114 cm³/mol. The summed E-state index contributed by atoms with van der Waals surface area (Å²) in [5.41, 5.74) is 2.52. The number of hydrogen-bond acceptors (Lipinski definition) is 4. The lowest BCUT2D eigenvalue weighted by Gasteiger charge is -2.19. The fraction of sp³-hybridized carbons (Fsp3) is 0.273. The van der Waals surface area contributed by atoms with Crippen molar-refractivity contribution >= 4 is 35.2 Å². The average molecular weight is 415 g/mol. The van der Waals surface area contributed by atoms with Crippen molar-refractivity contribution in [3.05, 3.63) is 58.6 Å². The highest BCUT2D eigenvalue weighted by molar-refractivity contribution is 6.32. The summed E-state index contributed by atoms with van der Waals surface area (Å²) in [5.74, 6) is 0.521. The molecule has 1 N–H and O–H groups in total. The Morgan fingerprint density at radius 1 is 1.21 bits per heavy atom. The van der Waals surface area contributed by atoms with E-state index in [9.17, 15) is 9.59 Å². The number of nitrogens with zero attached hydrogens (tertiary/aromatic N) is 1. The molecule has 0 atom stereocenters. The van der Waals surface area contributed by atoms with E-state index in [1.54, 1.807) is 25.3 Å². The van der Waals surface area contributed by atoms with E-state index < -0.39 is 0 Å². The number of aryl methyl sites for hydroxylation is 1. The van der Waals surface area contributed by atoms with Gasteiger partial charge in [0.1, 0.15) is 13.2 Å². The third-order valence-corrected chi connectivity index (χ3v) is 4.75. The Balaban J connectivity index is 1.60. The van der Waals surface area contributed by atoms with Crippen molar-refractivity contribution in [2.24, 2.45) is 0 Å². The molecule has 0 bridgehead atoms. The summed E-state index contributed by atoms with van der Waals surface area (Å²) in [4.78, 5) is 26.0. The number of ether oxygens (including phenoxy) is 2. The third-order valence-electron chi connectivity index (χ3n) is 4.47. The van der Waals surface area contributed by atoms with Crippen molar-refractivity contribution in [3.63, 3.8) is 0 Å². The van der Waals surface area contributed by atoms with E-state index in [2.05, 4.69) is 5.32 Å². The third kappa shape index (κ3) is 5.29. The molecular weight excluding hydrogens is 392 g/mol. The lowest BCUT2D eigenvalue weighted by atomic mass is 10.1. The van der Waals surface area contributed by atoms with Crippen LogP contribution < -0.4 is 14.8 Å². The second-order valence-corrected chi connectivity index (χ2v) is 7.02. The summed E-state index contributed by atoms with van der Waals surface area (Å²) in [5, 5.41) is 3.29. The maximum absolute atomic E-state index is 12.4. The monoisotopic (exact) mass is 414 g/mol. The molecular formula is C22H23ClN2O4. The number of rotatable bonds is 6. The first kappa shape index (κ1) is 20.7. The molecule has 0 radical (unpaired) electrons. The molecule has 2 amide bonds. The van der Waals surface area contributed by atoms with E-state index in [0.29, 0.717) is 35.3 Å². The van der Waals surface area contributed by atoms with Crippen LogP contribution in [0, 0.1) is 0 Å². The molecule has 0 aromatic heterocycles. The molecule has 3 rings (SSSR count). The predicted octanol–water partition coefficient (Wildman–Crippen LogP) is 3.78. The molecule has 0 saturated carbocycles. The molecule has 0 unspecified atom stereocenters. The zero-order valence-electron chi connectivity index (χ0n) is 16.4. The normalized spacial score (nSPS) is 12.7. The van der Waals surface area contributed by atoms with Crippen molar-refractivity contribution in [2.75, 3.05) is 32.1 Å².